The van der Waals surface area contributed by atoms with Gasteiger partial charge in [0.15, 0.2) is 11.6 Å². The van der Waals surface area contributed by atoms with Crippen LogP contribution < -0.4 is 9.80 Å². The molecule has 0 aromatic carbocycles. The monoisotopic (exact) mass is 355 g/mol. The van der Waals surface area contributed by atoms with Crippen molar-refractivity contribution in [1.82, 2.24) is 14.5 Å². The van der Waals surface area contributed by atoms with E-state index in [1.807, 2.05) is 19.1 Å². The first-order chi connectivity index (χ1) is 11.6. The molecule has 2 aliphatic rings. The van der Waals surface area contributed by atoms with Gasteiger partial charge in [-0.05, 0) is 18.6 Å². The maximum Gasteiger partial charge on any atom is 0.214 e. The molecule has 0 aliphatic carbocycles. The van der Waals surface area contributed by atoms with Crippen molar-refractivity contribution in [2.24, 2.45) is 0 Å². The highest BCUT2D eigenvalue weighted by molar-refractivity contribution is 7.89. The molecule has 3 rings (SSSR count). The fraction of sp³-hybridized carbons (Fsp3) is 0.733. The minimum Gasteiger partial charge on any atom is -0.378 e. The van der Waals surface area contributed by atoms with E-state index in [0.717, 1.165) is 37.9 Å². The van der Waals surface area contributed by atoms with Crippen molar-refractivity contribution in [2.75, 3.05) is 68.0 Å². The third-order valence-electron chi connectivity index (χ3n) is 4.39. The molecule has 2 fully saturated rings. The van der Waals surface area contributed by atoms with Crippen molar-refractivity contribution in [2.45, 2.75) is 13.3 Å². The zero-order chi connectivity index (χ0) is 17.0. The summed E-state index contributed by atoms with van der Waals surface area (Å²) in [6.45, 7) is 7.31. The van der Waals surface area contributed by atoms with E-state index in [4.69, 9.17) is 4.74 Å². The van der Waals surface area contributed by atoms with Crippen LogP contribution in [0, 0.1) is 0 Å². The Morgan fingerprint density at radius 2 is 1.50 bits per heavy atom. The van der Waals surface area contributed by atoms with E-state index in [2.05, 4.69) is 20.0 Å². The summed E-state index contributed by atoms with van der Waals surface area (Å²) in [5.41, 5.74) is 0. The second-order valence-corrected chi connectivity index (χ2v) is 8.14. The Morgan fingerprint density at radius 1 is 0.958 bits per heavy atom. The third-order valence-corrected chi connectivity index (χ3v) is 6.47. The summed E-state index contributed by atoms with van der Waals surface area (Å²) in [4.78, 5) is 4.25. The Labute approximate surface area is 143 Å². The number of ether oxygens (including phenoxy) is 1. The van der Waals surface area contributed by atoms with Gasteiger partial charge in [0.2, 0.25) is 10.0 Å². The number of hydrogen-bond acceptors (Lipinski definition) is 7. The lowest BCUT2D eigenvalue weighted by atomic mass is 10.3. The predicted octanol–water partition coefficient (Wildman–Crippen LogP) is 0.175. The normalized spacial score (nSPS) is 20.4. The maximum atomic E-state index is 12.1. The van der Waals surface area contributed by atoms with Gasteiger partial charge in [0.05, 0.1) is 19.0 Å². The number of aromatic nitrogens is 2. The number of rotatable bonds is 5. The number of nitrogens with zero attached hydrogens (tertiary/aromatic N) is 5. The minimum atomic E-state index is -3.11. The van der Waals surface area contributed by atoms with Gasteiger partial charge in [-0.2, -0.15) is 4.31 Å². The second kappa shape index (κ2) is 7.62. The molecule has 0 atom stereocenters. The molecule has 0 spiro atoms. The Kier molecular flexibility index (Phi) is 5.52. The van der Waals surface area contributed by atoms with Crippen molar-refractivity contribution in [3.05, 3.63) is 12.1 Å². The van der Waals surface area contributed by atoms with E-state index in [1.165, 1.54) is 0 Å². The summed E-state index contributed by atoms with van der Waals surface area (Å²) in [6.07, 6.45) is 0.650. The topological polar surface area (TPSA) is 78.9 Å². The van der Waals surface area contributed by atoms with E-state index in [-0.39, 0.29) is 5.75 Å². The zero-order valence-electron chi connectivity index (χ0n) is 14.1. The first-order valence-corrected chi connectivity index (χ1v) is 10.1. The highest BCUT2D eigenvalue weighted by Crippen LogP contribution is 2.18. The molecular weight excluding hydrogens is 330 g/mol. The number of piperazine rings is 1. The molecule has 2 aliphatic heterocycles. The molecule has 0 radical (unpaired) electrons. The quantitative estimate of drug-likeness (QED) is 0.745. The molecule has 9 heteroatoms. The van der Waals surface area contributed by atoms with Crippen LogP contribution in [-0.4, -0.2) is 81.2 Å². The molecule has 1 aromatic heterocycles. The lowest BCUT2D eigenvalue weighted by Gasteiger charge is -2.34. The fourth-order valence-corrected chi connectivity index (χ4v) is 4.52. The van der Waals surface area contributed by atoms with Crippen LogP contribution in [0.2, 0.25) is 0 Å². The van der Waals surface area contributed by atoms with Crippen LogP contribution in [0.15, 0.2) is 12.1 Å². The molecule has 3 heterocycles. The van der Waals surface area contributed by atoms with Crippen LogP contribution in [0.3, 0.4) is 0 Å². The first-order valence-electron chi connectivity index (χ1n) is 8.49. The van der Waals surface area contributed by atoms with Crippen LogP contribution in [0.5, 0.6) is 0 Å². The molecule has 8 nitrogen and oxygen atoms in total. The molecule has 134 valence electrons. The standard InChI is InChI=1S/C15H25N5O3S/c1-2-13-24(21,22)20-7-5-18(6-8-20)14-3-4-15(17-16-14)19-9-11-23-12-10-19/h3-4H,2,5-13H2,1H3. The highest BCUT2D eigenvalue weighted by atomic mass is 32.2. The Hall–Kier alpha value is -1.45. The largest absolute Gasteiger partial charge is 0.378 e. The van der Waals surface area contributed by atoms with Gasteiger partial charge in [0.25, 0.3) is 0 Å². The lowest BCUT2D eigenvalue weighted by Crippen LogP contribution is -2.49. The van der Waals surface area contributed by atoms with Crippen LogP contribution in [0.4, 0.5) is 11.6 Å². The molecule has 0 amide bonds. The van der Waals surface area contributed by atoms with Crippen molar-refractivity contribution in [3.8, 4) is 0 Å². The van der Waals surface area contributed by atoms with E-state index in [1.54, 1.807) is 4.31 Å². The maximum absolute atomic E-state index is 12.1. The van der Waals surface area contributed by atoms with Crippen molar-refractivity contribution < 1.29 is 13.2 Å². The van der Waals surface area contributed by atoms with Gasteiger partial charge in [-0.1, -0.05) is 6.92 Å². The molecule has 0 N–H and O–H groups in total. The van der Waals surface area contributed by atoms with E-state index < -0.39 is 10.0 Å². The summed E-state index contributed by atoms with van der Waals surface area (Å²) in [7, 11) is -3.11. The third kappa shape index (κ3) is 3.96. The highest BCUT2D eigenvalue weighted by Gasteiger charge is 2.26. The number of anilines is 2. The average Bonchev–Trinajstić information content (AvgIpc) is 2.63. The van der Waals surface area contributed by atoms with Crippen LogP contribution in [0.1, 0.15) is 13.3 Å². The molecular formula is C15H25N5O3S. The second-order valence-electron chi connectivity index (χ2n) is 6.05. The van der Waals surface area contributed by atoms with E-state index in [0.29, 0.717) is 32.6 Å². The van der Waals surface area contributed by atoms with Gasteiger partial charge in [-0.3, -0.25) is 0 Å². The first kappa shape index (κ1) is 17.4. The minimum absolute atomic E-state index is 0.223. The summed E-state index contributed by atoms with van der Waals surface area (Å²) in [6, 6.07) is 3.95. The van der Waals surface area contributed by atoms with Crippen molar-refractivity contribution in [3.63, 3.8) is 0 Å². The summed E-state index contributed by atoms with van der Waals surface area (Å²) < 4.78 is 31.2. The van der Waals surface area contributed by atoms with Gasteiger partial charge in [-0.25, -0.2) is 8.42 Å². The van der Waals surface area contributed by atoms with Gasteiger partial charge in [0, 0.05) is 39.3 Å². The molecule has 0 saturated carbocycles. The fourth-order valence-electron chi connectivity index (χ4n) is 3.03. The molecule has 2 saturated heterocycles. The molecule has 1 aromatic rings. The smallest absolute Gasteiger partial charge is 0.214 e. The lowest BCUT2D eigenvalue weighted by molar-refractivity contribution is 0.122. The Bertz CT molecular complexity index is 623. The van der Waals surface area contributed by atoms with Gasteiger partial charge < -0.3 is 14.5 Å². The van der Waals surface area contributed by atoms with Gasteiger partial charge in [-0.15, -0.1) is 10.2 Å². The Morgan fingerprint density at radius 3 is 2.00 bits per heavy atom. The summed E-state index contributed by atoms with van der Waals surface area (Å²) >= 11 is 0. The van der Waals surface area contributed by atoms with Gasteiger partial charge >= 0.3 is 0 Å². The Balaban J connectivity index is 1.58. The van der Waals surface area contributed by atoms with Crippen molar-refractivity contribution in [1.29, 1.82) is 0 Å². The van der Waals surface area contributed by atoms with E-state index >= 15 is 0 Å². The summed E-state index contributed by atoms with van der Waals surface area (Å²) in [5, 5.41) is 8.65. The number of morpholine rings is 1. The van der Waals surface area contributed by atoms with Crippen molar-refractivity contribution >= 4 is 21.7 Å². The number of sulfonamides is 1. The average molecular weight is 355 g/mol. The SMILES string of the molecule is CCCS(=O)(=O)N1CCN(c2ccc(N3CCOCC3)nn2)CC1. The van der Waals surface area contributed by atoms with Gasteiger partial charge in [0.1, 0.15) is 0 Å². The molecule has 0 unspecified atom stereocenters. The summed E-state index contributed by atoms with van der Waals surface area (Å²) in [5.74, 6) is 1.90. The van der Waals surface area contributed by atoms with Crippen LogP contribution >= 0.6 is 0 Å². The van der Waals surface area contributed by atoms with Crippen LogP contribution in [0.25, 0.3) is 0 Å². The predicted molar refractivity (Wildman–Crippen MR) is 92.9 cm³/mol. The van der Waals surface area contributed by atoms with E-state index in [9.17, 15) is 8.42 Å². The number of hydrogen-bond donors (Lipinski definition) is 0. The van der Waals surface area contributed by atoms with Crippen LogP contribution in [-0.2, 0) is 14.8 Å². The zero-order valence-corrected chi connectivity index (χ0v) is 14.9. The molecule has 0 bridgehead atoms. The molecule has 24 heavy (non-hydrogen) atoms.